The number of aryl methyl sites for hydroxylation is 2. The summed E-state index contributed by atoms with van der Waals surface area (Å²) in [5.74, 6) is 0.0252. The van der Waals surface area contributed by atoms with Crippen molar-refractivity contribution >= 4 is 29.0 Å². The molecular weight excluding hydrogens is 356 g/mol. The van der Waals surface area contributed by atoms with Crippen LogP contribution in [0.3, 0.4) is 0 Å². The number of carbonyl (C=O) groups is 1. The lowest BCUT2D eigenvalue weighted by Gasteiger charge is -2.26. The second kappa shape index (κ2) is 9.51. The van der Waals surface area contributed by atoms with Crippen LogP contribution in [0.15, 0.2) is 42.5 Å². The molecule has 0 aliphatic rings. The first-order chi connectivity index (χ1) is 12.8. The van der Waals surface area contributed by atoms with Crippen molar-refractivity contribution < 1.29 is 9.53 Å². The number of thiocarbonyl (C=S) groups is 1. The van der Waals surface area contributed by atoms with Gasteiger partial charge in [-0.2, -0.15) is 0 Å². The summed E-state index contributed by atoms with van der Waals surface area (Å²) in [6, 6.07) is 13.8. The summed E-state index contributed by atoms with van der Waals surface area (Å²) in [5, 5.41) is 7.19. The predicted octanol–water partition coefficient (Wildman–Crippen LogP) is 5.16. The molecule has 0 saturated heterocycles. The summed E-state index contributed by atoms with van der Waals surface area (Å²) in [5.41, 5.74) is 4.77. The van der Waals surface area contributed by atoms with Gasteiger partial charge < -0.3 is 15.4 Å². The van der Waals surface area contributed by atoms with Gasteiger partial charge in [0, 0.05) is 5.69 Å². The van der Waals surface area contributed by atoms with Crippen LogP contribution in [0.5, 0.6) is 0 Å². The Bertz CT molecular complexity index is 818. The third-order valence-corrected chi connectivity index (χ3v) is 4.69. The first-order valence-corrected chi connectivity index (χ1v) is 9.65. The van der Waals surface area contributed by atoms with E-state index < -0.39 is 0 Å². The fourth-order valence-corrected chi connectivity index (χ4v) is 3.17. The third kappa shape index (κ3) is 5.54. The normalized spacial score (nSPS) is 11.8. The van der Waals surface area contributed by atoms with E-state index in [9.17, 15) is 4.79 Å². The minimum absolute atomic E-state index is 0.0970. The lowest BCUT2D eigenvalue weighted by Crippen LogP contribution is -2.35. The monoisotopic (exact) mass is 384 g/mol. The van der Waals surface area contributed by atoms with E-state index in [1.54, 1.807) is 19.1 Å². The Kier molecular flexibility index (Phi) is 7.36. The van der Waals surface area contributed by atoms with Crippen LogP contribution in [0.1, 0.15) is 53.9 Å². The van der Waals surface area contributed by atoms with Gasteiger partial charge in [-0.15, -0.1) is 0 Å². The molecule has 0 radical (unpaired) electrons. The van der Waals surface area contributed by atoms with E-state index >= 15 is 0 Å². The van der Waals surface area contributed by atoms with Gasteiger partial charge in [-0.05, 0) is 67.7 Å². The van der Waals surface area contributed by atoms with E-state index in [1.807, 2.05) is 25.1 Å². The molecule has 0 spiro atoms. The van der Waals surface area contributed by atoms with Crippen molar-refractivity contribution in [1.29, 1.82) is 0 Å². The maximum atomic E-state index is 12.0. The average molecular weight is 385 g/mol. The highest BCUT2D eigenvalue weighted by Crippen LogP contribution is 2.25. The number of carbonyl (C=O) groups excluding carboxylic acids is 1. The number of anilines is 1. The Labute approximate surface area is 167 Å². The van der Waals surface area contributed by atoms with Gasteiger partial charge in [0.25, 0.3) is 0 Å². The van der Waals surface area contributed by atoms with Crippen molar-refractivity contribution in [2.24, 2.45) is 5.92 Å². The smallest absolute Gasteiger partial charge is 0.338 e. The Morgan fingerprint density at radius 1 is 1.11 bits per heavy atom. The molecule has 1 atom stereocenters. The van der Waals surface area contributed by atoms with E-state index in [1.165, 1.54) is 11.1 Å². The first-order valence-electron chi connectivity index (χ1n) is 9.24. The molecule has 27 heavy (non-hydrogen) atoms. The number of nitrogens with one attached hydrogen (secondary N) is 2. The highest BCUT2D eigenvalue weighted by Gasteiger charge is 2.19. The fourth-order valence-electron chi connectivity index (χ4n) is 2.94. The summed E-state index contributed by atoms with van der Waals surface area (Å²) in [7, 11) is 0. The van der Waals surface area contributed by atoms with Gasteiger partial charge in [-0.3, -0.25) is 0 Å². The standard InChI is InChI=1S/C22H28N2O2S/c1-6-26-21(25)17-12-11-16(5)19(13-17)23-22(27)24-20(14(2)3)18-10-8-7-9-15(18)4/h7-14,20H,6H2,1-5H3,(H2,23,24,27). The van der Waals surface area contributed by atoms with Crippen molar-refractivity contribution in [3.63, 3.8) is 0 Å². The maximum absolute atomic E-state index is 12.0. The van der Waals surface area contributed by atoms with Crippen LogP contribution in [0, 0.1) is 19.8 Å². The summed E-state index contributed by atoms with van der Waals surface area (Å²) >= 11 is 5.56. The minimum Gasteiger partial charge on any atom is -0.462 e. The predicted molar refractivity (Wildman–Crippen MR) is 115 cm³/mol. The number of hydrogen-bond donors (Lipinski definition) is 2. The molecule has 0 aromatic heterocycles. The van der Waals surface area contributed by atoms with Crippen molar-refractivity contribution in [2.75, 3.05) is 11.9 Å². The molecule has 0 heterocycles. The van der Waals surface area contributed by atoms with Crippen molar-refractivity contribution in [2.45, 2.75) is 40.7 Å². The third-order valence-electron chi connectivity index (χ3n) is 4.47. The Hall–Kier alpha value is -2.40. The molecule has 0 aliphatic carbocycles. The maximum Gasteiger partial charge on any atom is 0.338 e. The van der Waals surface area contributed by atoms with Gasteiger partial charge in [-0.25, -0.2) is 4.79 Å². The van der Waals surface area contributed by atoms with Gasteiger partial charge in [-0.1, -0.05) is 44.2 Å². The van der Waals surface area contributed by atoms with Gasteiger partial charge in [0.1, 0.15) is 0 Å². The zero-order valence-corrected chi connectivity index (χ0v) is 17.4. The molecule has 2 aromatic carbocycles. The Balaban J connectivity index is 2.17. The average Bonchev–Trinajstić information content (AvgIpc) is 2.62. The van der Waals surface area contributed by atoms with Crippen LogP contribution in [-0.2, 0) is 4.74 Å². The molecule has 0 fully saturated rings. The lowest BCUT2D eigenvalue weighted by atomic mass is 9.93. The fraction of sp³-hybridized carbons (Fsp3) is 0.364. The first kappa shape index (κ1) is 20.9. The van der Waals surface area contributed by atoms with Crippen LogP contribution < -0.4 is 10.6 Å². The molecular formula is C22H28N2O2S. The molecule has 0 amide bonds. The highest BCUT2D eigenvalue weighted by molar-refractivity contribution is 7.80. The number of esters is 1. The van der Waals surface area contributed by atoms with Gasteiger partial charge in [0.05, 0.1) is 18.2 Å². The number of rotatable bonds is 6. The van der Waals surface area contributed by atoms with Gasteiger partial charge in [0.2, 0.25) is 0 Å². The van der Waals surface area contributed by atoms with Crippen LogP contribution >= 0.6 is 12.2 Å². The number of ether oxygens (including phenoxy) is 1. The lowest BCUT2D eigenvalue weighted by molar-refractivity contribution is 0.0526. The van der Waals surface area contributed by atoms with E-state index in [4.69, 9.17) is 17.0 Å². The Morgan fingerprint density at radius 2 is 1.81 bits per heavy atom. The zero-order chi connectivity index (χ0) is 20.0. The largest absolute Gasteiger partial charge is 0.462 e. The summed E-state index contributed by atoms with van der Waals surface area (Å²) in [4.78, 5) is 12.0. The molecule has 2 rings (SSSR count). The molecule has 2 aromatic rings. The van der Waals surface area contributed by atoms with Crippen molar-refractivity contribution in [3.8, 4) is 0 Å². The Morgan fingerprint density at radius 3 is 2.44 bits per heavy atom. The molecule has 1 unspecified atom stereocenters. The van der Waals surface area contributed by atoms with Gasteiger partial charge in [0.15, 0.2) is 5.11 Å². The highest BCUT2D eigenvalue weighted by atomic mass is 32.1. The van der Waals surface area contributed by atoms with Crippen LogP contribution in [0.25, 0.3) is 0 Å². The molecule has 2 N–H and O–H groups in total. The van der Waals surface area contributed by atoms with E-state index in [2.05, 4.69) is 43.5 Å². The molecule has 144 valence electrons. The number of hydrogen-bond acceptors (Lipinski definition) is 3. The molecule has 0 aliphatic heterocycles. The molecule has 5 heteroatoms. The van der Waals surface area contributed by atoms with E-state index in [0.29, 0.717) is 23.2 Å². The summed E-state index contributed by atoms with van der Waals surface area (Å²) in [6.45, 7) is 10.6. The van der Waals surface area contributed by atoms with Gasteiger partial charge >= 0.3 is 5.97 Å². The SMILES string of the molecule is CCOC(=O)c1ccc(C)c(NC(=S)NC(c2ccccc2C)C(C)C)c1. The summed E-state index contributed by atoms with van der Waals surface area (Å²) < 4.78 is 5.08. The topological polar surface area (TPSA) is 50.4 Å². The van der Waals surface area contributed by atoms with E-state index in [-0.39, 0.29) is 12.0 Å². The van der Waals surface area contributed by atoms with E-state index in [0.717, 1.165) is 11.3 Å². The second-order valence-electron chi connectivity index (χ2n) is 6.93. The molecule has 0 saturated carbocycles. The van der Waals surface area contributed by atoms with Crippen LogP contribution in [0.2, 0.25) is 0 Å². The van der Waals surface area contributed by atoms with Crippen LogP contribution in [0.4, 0.5) is 5.69 Å². The quantitative estimate of drug-likeness (QED) is 0.532. The van der Waals surface area contributed by atoms with Crippen molar-refractivity contribution in [1.82, 2.24) is 5.32 Å². The molecule has 0 bridgehead atoms. The zero-order valence-electron chi connectivity index (χ0n) is 16.6. The van der Waals surface area contributed by atoms with Crippen LogP contribution in [-0.4, -0.2) is 17.7 Å². The second-order valence-corrected chi connectivity index (χ2v) is 7.34. The number of benzene rings is 2. The molecule has 4 nitrogen and oxygen atoms in total. The summed E-state index contributed by atoms with van der Waals surface area (Å²) in [6.07, 6.45) is 0. The van der Waals surface area contributed by atoms with Crippen molar-refractivity contribution in [3.05, 3.63) is 64.7 Å². The minimum atomic E-state index is -0.334.